The predicted molar refractivity (Wildman–Crippen MR) is 32.8 cm³/mol. The van der Waals surface area contributed by atoms with Crippen molar-refractivity contribution in [2.75, 3.05) is 0 Å². The Morgan fingerprint density at radius 3 is 2.09 bits per heavy atom. The summed E-state index contributed by atoms with van der Waals surface area (Å²) in [6, 6.07) is -2.07. The van der Waals surface area contributed by atoms with Gasteiger partial charge >= 0.3 is 6.18 Å². The number of nitrogens with two attached hydrogens (primary N) is 1. The highest BCUT2D eigenvalue weighted by molar-refractivity contribution is 4.90. The SMILES string of the molecule is NC(C(O)C1CC1)C(F)(F)F. The number of aliphatic hydroxyl groups excluding tert-OH is 1. The van der Waals surface area contributed by atoms with Crippen LogP contribution in [0.3, 0.4) is 0 Å². The standard InChI is InChI=1S/C6H10F3NO/c7-6(8,9)5(10)4(11)3-1-2-3/h3-5,11H,1-2,10H2. The number of hydrogen-bond donors (Lipinski definition) is 2. The van der Waals surface area contributed by atoms with Crippen molar-refractivity contribution in [3.05, 3.63) is 0 Å². The van der Waals surface area contributed by atoms with Crippen LogP contribution in [0.4, 0.5) is 13.2 Å². The molecule has 2 nitrogen and oxygen atoms in total. The summed E-state index contributed by atoms with van der Waals surface area (Å²) in [5.41, 5.74) is 4.76. The van der Waals surface area contributed by atoms with Gasteiger partial charge in [-0.15, -0.1) is 0 Å². The first-order valence-corrected chi connectivity index (χ1v) is 3.43. The maximum atomic E-state index is 11.8. The Kier molecular flexibility index (Phi) is 2.11. The molecule has 0 aliphatic heterocycles. The molecule has 2 atom stereocenters. The van der Waals surface area contributed by atoms with Crippen molar-refractivity contribution in [2.45, 2.75) is 31.2 Å². The van der Waals surface area contributed by atoms with Crippen molar-refractivity contribution in [1.82, 2.24) is 0 Å². The van der Waals surface area contributed by atoms with Gasteiger partial charge in [-0.3, -0.25) is 0 Å². The Morgan fingerprint density at radius 1 is 1.36 bits per heavy atom. The van der Waals surface area contributed by atoms with Gasteiger partial charge in [0.15, 0.2) is 0 Å². The van der Waals surface area contributed by atoms with Crippen molar-refractivity contribution >= 4 is 0 Å². The van der Waals surface area contributed by atoms with Gasteiger partial charge in [-0.1, -0.05) is 0 Å². The van der Waals surface area contributed by atoms with Crippen molar-refractivity contribution < 1.29 is 18.3 Å². The highest BCUT2D eigenvalue weighted by Crippen LogP contribution is 2.36. The molecule has 0 spiro atoms. The second-order valence-electron chi connectivity index (χ2n) is 2.90. The van der Waals surface area contributed by atoms with Gasteiger partial charge in [-0.25, -0.2) is 0 Å². The van der Waals surface area contributed by atoms with Crippen LogP contribution in [-0.4, -0.2) is 23.4 Å². The fourth-order valence-electron chi connectivity index (χ4n) is 0.925. The lowest BCUT2D eigenvalue weighted by Crippen LogP contribution is -2.47. The maximum Gasteiger partial charge on any atom is 0.406 e. The van der Waals surface area contributed by atoms with E-state index >= 15 is 0 Å². The van der Waals surface area contributed by atoms with E-state index in [4.69, 9.17) is 10.8 Å². The average molecular weight is 169 g/mol. The molecule has 1 aliphatic rings. The molecule has 5 heteroatoms. The van der Waals surface area contributed by atoms with Gasteiger partial charge < -0.3 is 10.8 Å². The van der Waals surface area contributed by atoms with Crippen LogP contribution < -0.4 is 5.73 Å². The normalized spacial score (nSPS) is 24.8. The third-order valence-corrected chi connectivity index (χ3v) is 1.85. The number of alkyl halides is 3. The van der Waals surface area contributed by atoms with E-state index in [2.05, 4.69) is 0 Å². The molecule has 1 aliphatic carbocycles. The second kappa shape index (κ2) is 2.64. The van der Waals surface area contributed by atoms with Crippen molar-refractivity contribution in [3.8, 4) is 0 Å². The number of hydrogen-bond acceptors (Lipinski definition) is 2. The summed E-state index contributed by atoms with van der Waals surface area (Å²) >= 11 is 0. The third-order valence-electron chi connectivity index (χ3n) is 1.85. The smallest absolute Gasteiger partial charge is 0.391 e. The van der Waals surface area contributed by atoms with E-state index in [1.165, 1.54) is 0 Å². The number of halogens is 3. The molecule has 66 valence electrons. The first-order valence-electron chi connectivity index (χ1n) is 3.43. The van der Waals surface area contributed by atoms with E-state index in [1.807, 2.05) is 0 Å². The largest absolute Gasteiger partial charge is 0.406 e. The van der Waals surface area contributed by atoms with Crippen LogP contribution in [0.2, 0.25) is 0 Å². The van der Waals surface area contributed by atoms with Crippen LogP contribution in [0, 0.1) is 5.92 Å². The molecular formula is C6H10F3NO. The van der Waals surface area contributed by atoms with E-state index in [0.717, 1.165) is 0 Å². The quantitative estimate of drug-likeness (QED) is 0.637. The van der Waals surface area contributed by atoms with Crippen molar-refractivity contribution in [1.29, 1.82) is 0 Å². The van der Waals surface area contributed by atoms with E-state index in [-0.39, 0.29) is 5.92 Å². The predicted octanol–water partition coefficient (Wildman–Crippen LogP) is 0.647. The fourth-order valence-corrected chi connectivity index (χ4v) is 0.925. The summed E-state index contributed by atoms with van der Waals surface area (Å²) < 4.78 is 35.4. The second-order valence-corrected chi connectivity index (χ2v) is 2.90. The van der Waals surface area contributed by atoms with E-state index in [9.17, 15) is 13.2 Å². The van der Waals surface area contributed by atoms with Crippen LogP contribution in [0.25, 0.3) is 0 Å². The van der Waals surface area contributed by atoms with Crippen molar-refractivity contribution in [2.24, 2.45) is 11.7 Å². The number of rotatable bonds is 2. The molecule has 1 fully saturated rings. The van der Waals surface area contributed by atoms with E-state index in [1.54, 1.807) is 0 Å². The minimum atomic E-state index is -4.47. The first kappa shape index (κ1) is 8.80. The minimum Gasteiger partial charge on any atom is -0.391 e. The summed E-state index contributed by atoms with van der Waals surface area (Å²) in [5.74, 6) is -0.230. The molecule has 0 bridgehead atoms. The summed E-state index contributed by atoms with van der Waals surface area (Å²) in [7, 11) is 0. The van der Waals surface area contributed by atoms with Gasteiger partial charge in [0.2, 0.25) is 0 Å². The Labute approximate surface area is 62.2 Å². The van der Waals surface area contributed by atoms with Gasteiger partial charge in [-0.2, -0.15) is 13.2 Å². The highest BCUT2D eigenvalue weighted by atomic mass is 19.4. The van der Waals surface area contributed by atoms with Crippen LogP contribution in [0.15, 0.2) is 0 Å². The van der Waals surface area contributed by atoms with Crippen LogP contribution >= 0.6 is 0 Å². The van der Waals surface area contributed by atoms with Gasteiger partial charge in [-0.05, 0) is 18.8 Å². The Morgan fingerprint density at radius 2 is 1.82 bits per heavy atom. The molecule has 0 aromatic rings. The summed E-state index contributed by atoms with van der Waals surface area (Å²) in [6.45, 7) is 0. The van der Waals surface area contributed by atoms with Crippen LogP contribution in [-0.2, 0) is 0 Å². The Bertz CT molecular complexity index is 143. The molecule has 0 heterocycles. The molecule has 0 radical (unpaired) electrons. The zero-order valence-corrected chi connectivity index (χ0v) is 5.80. The highest BCUT2D eigenvalue weighted by Gasteiger charge is 2.46. The van der Waals surface area contributed by atoms with Gasteiger partial charge in [0.05, 0.1) is 6.10 Å². The molecule has 3 N–H and O–H groups in total. The van der Waals surface area contributed by atoms with E-state index < -0.39 is 18.3 Å². The molecule has 2 unspecified atom stereocenters. The summed E-state index contributed by atoms with van der Waals surface area (Å²) in [6.07, 6.45) is -4.56. The minimum absolute atomic E-state index is 0.230. The molecule has 1 rings (SSSR count). The zero-order valence-electron chi connectivity index (χ0n) is 5.80. The summed E-state index contributed by atoms with van der Waals surface area (Å²) in [5, 5.41) is 8.95. The van der Waals surface area contributed by atoms with E-state index in [0.29, 0.717) is 12.8 Å². The topological polar surface area (TPSA) is 46.2 Å². The molecule has 0 aromatic carbocycles. The lowest BCUT2D eigenvalue weighted by molar-refractivity contribution is -0.170. The molecule has 1 saturated carbocycles. The Balaban J connectivity index is 2.45. The fraction of sp³-hybridized carbons (Fsp3) is 1.00. The lowest BCUT2D eigenvalue weighted by Gasteiger charge is -2.20. The Hall–Kier alpha value is -0.290. The molecule has 11 heavy (non-hydrogen) atoms. The zero-order chi connectivity index (χ0) is 8.65. The van der Waals surface area contributed by atoms with Gasteiger partial charge in [0.25, 0.3) is 0 Å². The molecule has 0 amide bonds. The molecule has 0 saturated heterocycles. The molecule has 0 aromatic heterocycles. The van der Waals surface area contributed by atoms with Gasteiger partial charge in [0.1, 0.15) is 6.04 Å². The third kappa shape index (κ3) is 2.07. The first-order chi connectivity index (χ1) is 4.93. The average Bonchev–Trinajstić information content (AvgIpc) is 2.63. The summed E-state index contributed by atoms with van der Waals surface area (Å²) in [4.78, 5) is 0. The van der Waals surface area contributed by atoms with Crippen molar-refractivity contribution in [3.63, 3.8) is 0 Å². The molecular weight excluding hydrogens is 159 g/mol. The maximum absolute atomic E-state index is 11.8. The van der Waals surface area contributed by atoms with Crippen LogP contribution in [0.1, 0.15) is 12.8 Å². The number of aliphatic hydroxyl groups is 1. The lowest BCUT2D eigenvalue weighted by atomic mass is 10.1. The van der Waals surface area contributed by atoms with Crippen LogP contribution in [0.5, 0.6) is 0 Å². The van der Waals surface area contributed by atoms with Gasteiger partial charge in [0, 0.05) is 0 Å². The monoisotopic (exact) mass is 169 g/mol.